The average molecular weight is 441 g/mol. The number of anilines is 2. The van der Waals surface area contributed by atoms with E-state index in [0.717, 1.165) is 22.3 Å². The van der Waals surface area contributed by atoms with Crippen LogP contribution in [0.3, 0.4) is 0 Å². The molecule has 5 aromatic carbocycles. The van der Waals surface area contributed by atoms with E-state index in [-0.39, 0.29) is 11.5 Å². The van der Waals surface area contributed by atoms with Gasteiger partial charge in [0.1, 0.15) is 5.75 Å². The number of nitrogens with zero attached hydrogens (tertiary/aromatic N) is 2. The van der Waals surface area contributed by atoms with Crippen molar-refractivity contribution < 1.29 is 9.90 Å². The third-order valence-corrected chi connectivity index (χ3v) is 6.09. The number of rotatable bonds is 3. The highest BCUT2D eigenvalue weighted by Crippen LogP contribution is 2.50. The Morgan fingerprint density at radius 3 is 1.85 bits per heavy atom. The van der Waals surface area contributed by atoms with E-state index in [0.29, 0.717) is 28.0 Å². The molecule has 0 aromatic heterocycles. The van der Waals surface area contributed by atoms with Crippen molar-refractivity contribution >= 4 is 39.5 Å². The monoisotopic (exact) mass is 440 g/mol. The molecule has 0 spiro atoms. The fourth-order valence-electron chi connectivity index (χ4n) is 4.61. The minimum atomic E-state index is -0.220. The maximum absolute atomic E-state index is 14.1. The summed E-state index contributed by atoms with van der Waals surface area (Å²) in [5, 5.41) is 12.9. The van der Waals surface area contributed by atoms with Crippen LogP contribution in [0.2, 0.25) is 0 Å². The number of hydrogen-bond donors (Lipinski definition) is 1. The van der Waals surface area contributed by atoms with Gasteiger partial charge in [-0.1, -0.05) is 91.0 Å². The summed E-state index contributed by atoms with van der Waals surface area (Å²) >= 11 is 0. The van der Waals surface area contributed by atoms with Crippen molar-refractivity contribution in [2.75, 3.05) is 4.90 Å². The van der Waals surface area contributed by atoms with E-state index >= 15 is 0 Å². The van der Waals surface area contributed by atoms with Gasteiger partial charge in [-0.25, -0.2) is 4.99 Å². The van der Waals surface area contributed by atoms with Crippen LogP contribution in [0, 0.1) is 0 Å². The van der Waals surface area contributed by atoms with Crippen LogP contribution in [0.1, 0.15) is 10.4 Å². The molecule has 0 atom stereocenters. The first-order valence-electron chi connectivity index (χ1n) is 11.1. The second-order valence-electron chi connectivity index (χ2n) is 8.13. The molecule has 0 amide bonds. The minimum absolute atomic E-state index is 0.0999. The van der Waals surface area contributed by atoms with Crippen LogP contribution < -0.4 is 4.90 Å². The Hall–Kier alpha value is -4.70. The van der Waals surface area contributed by atoms with Gasteiger partial charge in [-0.15, -0.1) is 0 Å². The third kappa shape index (κ3) is 3.08. The number of hydrogen-bond acceptors (Lipinski definition) is 3. The zero-order chi connectivity index (χ0) is 23.1. The maximum atomic E-state index is 14.1. The lowest BCUT2D eigenvalue weighted by Crippen LogP contribution is -2.25. The lowest BCUT2D eigenvalue weighted by atomic mass is 9.91. The number of aromatic hydroxyl groups is 1. The molecule has 0 bridgehead atoms. The Bertz CT molecular complexity index is 1560. The van der Waals surface area contributed by atoms with Gasteiger partial charge in [-0.05, 0) is 29.8 Å². The second kappa shape index (κ2) is 8.01. The normalized spacial score (nSPS) is 14.1. The van der Waals surface area contributed by atoms with Crippen LogP contribution in [-0.2, 0) is 0 Å². The predicted molar refractivity (Wildman–Crippen MR) is 137 cm³/mol. The van der Waals surface area contributed by atoms with Crippen LogP contribution >= 0.6 is 0 Å². The summed E-state index contributed by atoms with van der Waals surface area (Å²) in [6.07, 6.45) is 0. The number of Topliss-reactive ketones (excluding diaryl/α,β-unsaturated/α-hetero) is 1. The van der Waals surface area contributed by atoms with Crippen molar-refractivity contribution in [2.45, 2.75) is 0 Å². The molecule has 1 N–H and O–H groups in total. The standard InChI is InChI=1S/C30H20N2O2/c33-28-24-19-11-10-18-23(24)27-26(25(28)20-12-4-1-5-13-20)29(34)30(31-21-14-6-2-7-15-21)32(27)22-16-8-3-9-17-22/h1-19,33H. The summed E-state index contributed by atoms with van der Waals surface area (Å²) in [6.45, 7) is 0. The van der Waals surface area contributed by atoms with Crippen molar-refractivity contribution in [3.05, 3.63) is 121 Å². The van der Waals surface area contributed by atoms with Crippen molar-refractivity contribution in [1.82, 2.24) is 0 Å². The summed E-state index contributed by atoms with van der Waals surface area (Å²) in [6, 6.07) is 36.4. The first-order chi connectivity index (χ1) is 16.7. The molecule has 0 saturated heterocycles. The molecule has 1 aliphatic rings. The quantitative estimate of drug-likeness (QED) is 0.321. The molecular formula is C30H20N2O2. The van der Waals surface area contributed by atoms with Crippen LogP contribution in [0.15, 0.2) is 120 Å². The smallest absolute Gasteiger partial charge is 0.231 e. The molecule has 0 saturated carbocycles. The molecule has 6 rings (SSSR count). The van der Waals surface area contributed by atoms with Gasteiger partial charge in [0.05, 0.1) is 16.9 Å². The number of carbonyl (C=O) groups is 1. The average Bonchev–Trinajstić information content (AvgIpc) is 3.18. The summed E-state index contributed by atoms with van der Waals surface area (Å²) < 4.78 is 0. The largest absolute Gasteiger partial charge is 0.507 e. The lowest BCUT2D eigenvalue weighted by Gasteiger charge is -2.22. The van der Waals surface area contributed by atoms with Crippen molar-refractivity contribution in [3.8, 4) is 16.9 Å². The first kappa shape index (κ1) is 19.9. The highest BCUT2D eigenvalue weighted by Gasteiger charge is 2.40. The Morgan fingerprint density at radius 2 is 1.18 bits per heavy atom. The Kier molecular flexibility index (Phi) is 4.70. The van der Waals surface area contributed by atoms with E-state index in [1.165, 1.54) is 0 Å². The Balaban J connectivity index is 1.75. The van der Waals surface area contributed by atoms with Gasteiger partial charge in [0.15, 0.2) is 5.84 Å². The van der Waals surface area contributed by atoms with Crippen LogP contribution in [0.4, 0.5) is 17.1 Å². The van der Waals surface area contributed by atoms with Gasteiger partial charge in [0.25, 0.3) is 0 Å². The molecule has 0 radical (unpaired) electrons. The van der Waals surface area contributed by atoms with Gasteiger partial charge >= 0.3 is 0 Å². The Labute approximate surface area is 197 Å². The third-order valence-electron chi connectivity index (χ3n) is 6.09. The van der Waals surface area contributed by atoms with Crippen molar-refractivity contribution in [1.29, 1.82) is 0 Å². The fourth-order valence-corrected chi connectivity index (χ4v) is 4.61. The first-order valence-corrected chi connectivity index (χ1v) is 11.1. The number of ketones is 1. The molecule has 1 heterocycles. The van der Waals surface area contributed by atoms with Gasteiger partial charge in [-0.2, -0.15) is 0 Å². The van der Waals surface area contributed by atoms with Crippen molar-refractivity contribution in [2.24, 2.45) is 4.99 Å². The van der Waals surface area contributed by atoms with Gasteiger partial charge in [-0.3, -0.25) is 9.69 Å². The predicted octanol–water partition coefficient (Wildman–Crippen LogP) is 7.28. The van der Waals surface area contributed by atoms with Crippen LogP contribution in [0.5, 0.6) is 5.75 Å². The topological polar surface area (TPSA) is 52.9 Å². The number of para-hydroxylation sites is 2. The van der Waals surface area contributed by atoms with E-state index < -0.39 is 0 Å². The second-order valence-corrected chi connectivity index (χ2v) is 8.13. The number of fused-ring (bicyclic) bond motifs is 3. The Morgan fingerprint density at radius 1 is 0.618 bits per heavy atom. The molecule has 4 heteroatoms. The molecule has 0 aliphatic carbocycles. The molecule has 162 valence electrons. The number of phenols is 1. The molecular weight excluding hydrogens is 420 g/mol. The van der Waals surface area contributed by atoms with Gasteiger partial charge in [0.2, 0.25) is 5.78 Å². The van der Waals surface area contributed by atoms with E-state index in [1.54, 1.807) is 0 Å². The van der Waals surface area contributed by atoms with Crippen LogP contribution in [0.25, 0.3) is 21.9 Å². The molecule has 5 aromatic rings. The number of carbonyl (C=O) groups excluding carboxylic acids is 1. The zero-order valence-electron chi connectivity index (χ0n) is 18.2. The lowest BCUT2D eigenvalue weighted by molar-refractivity contribution is 0.106. The highest BCUT2D eigenvalue weighted by atomic mass is 16.3. The fraction of sp³-hybridized carbons (Fsp3) is 0. The van der Waals surface area contributed by atoms with Crippen LogP contribution in [-0.4, -0.2) is 16.7 Å². The molecule has 0 unspecified atom stereocenters. The highest BCUT2D eigenvalue weighted by molar-refractivity contribution is 6.58. The number of benzene rings is 5. The molecule has 4 nitrogen and oxygen atoms in total. The van der Waals surface area contributed by atoms with E-state index in [4.69, 9.17) is 4.99 Å². The molecule has 0 fully saturated rings. The SMILES string of the molecule is O=C1C(=Nc2ccccc2)N(c2ccccc2)c2c1c(-c1ccccc1)c(O)c1ccccc21. The zero-order valence-corrected chi connectivity index (χ0v) is 18.2. The van der Waals surface area contributed by atoms with E-state index in [9.17, 15) is 9.90 Å². The summed E-state index contributed by atoms with van der Waals surface area (Å²) in [5.74, 6) is 0.186. The summed E-state index contributed by atoms with van der Waals surface area (Å²) in [7, 11) is 0. The van der Waals surface area contributed by atoms with Crippen molar-refractivity contribution in [3.63, 3.8) is 0 Å². The summed E-state index contributed by atoms with van der Waals surface area (Å²) in [4.78, 5) is 20.8. The number of phenolic OH excluding ortho intramolecular Hbond substituents is 1. The van der Waals surface area contributed by atoms with Gasteiger partial charge in [0, 0.05) is 22.0 Å². The van der Waals surface area contributed by atoms with E-state index in [2.05, 4.69) is 0 Å². The molecule has 1 aliphatic heterocycles. The van der Waals surface area contributed by atoms with E-state index in [1.807, 2.05) is 120 Å². The maximum Gasteiger partial charge on any atom is 0.231 e. The van der Waals surface area contributed by atoms with Gasteiger partial charge < -0.3 is 5.11 Å². The minimum Gasteiger partial charge on any atom is -0.507 e. The number of aliphatic imine (C=N–C) groups is 1. The number of amidine groups is 1. The summed E-state index contributed by atoms with van der Waals surface area (Å²) in [5.41, 5.74) is 4.02. The molecule has 34 heavy (non-hydrogen) atoms.